The number of methoxy groups -OCH3 is 1. The van der Waals surface area contributed by atoms with Crippen molar-refractivity contribution in [3.05, 3.63) is 0 Å². The van der Waals surface area contributed by atoms with Gasteiger partial charge in [0.25, 0.3) is 0 Å². The summed E-state index contributed by atoms with van der Waals surface area (Å²) in [6, 6.07) is 0. The van der Waals surface area contributed by atoms with Crippen molar-refractivity contribution in [1.82, 2.24) is 0 Å². The van der Waals surface area contributed by atoms with Gasteiger partial charge < -0.3 is 14.2 Å². The SMILES string of the molecule is COC1OC(C)C(=O)CC1OC(=O)C(C)(C)C. The Hall–Kier alpha value is -0.940. The molecule has 1 rings (SSSR count). The first-order chi connectivity index (χ1) is 7.75. The first-order valence-electron chi connectivity index (χ1n) is 5.67. The molecule has 3 unspecified atom stereocenters. The summed E-state index contributed by atoms with van der Waals surface area (Å²) in [4.78, 5) is 23.3. The Balaban J connectivity index is 2.68. The molecule has 0 aliphatic carbocycles. The highest BCUT2D eigenvalue weighted by Crippen LogP contribution is 2.24. The largest absolute Gasteiger partial charge is 0.456 e. The fourth-order valence-electron chi connectivity index (χ4n) is 1.44. The minimum Gasteiger partial charge on any atom is -0.456 e. The summed E-state index contributed by atoms with van der Waals surface area (Å²) >= 11 is 0. The Morgan fingerprint density at radius 3 is 2.47 bits per heavy atom. The fraction of sp³-hybridized carbons (Fsp3) is 0.833. The van der Waals surface area contributed by atoms with Crippen LogP contribution in [-0.4, -0.2) is 37.4 Å². The number of Topliss-reactive ketones (excluding diaryl/α,β-unsaturated/α-hetero) is 1. The molecule has 1 aliphatic heterocycles. The summed E-state index contributed by atoms with van der Waals surface area (Å²) < 4.78 is 15.7. The Morgan fingerprint density at radius 2 is 2.00 bits per heavy atom. The standard InChI is InChI=1S/C12H20O5/c1-7-8(13)6-9(10(15-5)16-7)17-11(14)12(2,3)4/h7,9-10H,6H2,1-5H3. The van der Waals surface area contributed by atoms with E-state index in [1.165, 1.54) is 7.11 Å². The molecule has 0 amide bonds. The van der Waals surface area contributed by atoms with E-state index in [0.717, 1.165) is 0 Å². The van der Waals surface area contributed by atoms with Crippen LogP contribution in [0.2, 0.25) is 0 Å². The van der Waals surface area contributed by atoms with Crippen LogP contribution in [0.5, 0.6) is 0 Å². The molecular formula is C12H20O5. The molecule has 0 radical (unpaired) electrons. The van der Waals surface area contributed by atoms with Crippen LogP contribution in [0.15, 0.2) is 0 Å². The first-order valence-corrected chi connectivity index (χ1v) is 5.67. The van der Waals surface area contributed by atoms with Crippen LogP contribution in [-0.2, 0) is 23.8 Å². The molecule has 0 spiro atoms. The van der Waals surface area contributed by atoms with E-state index in [2.05, 4.69) is 0 Å². The number of carbonyl (C=O) groups is 2. The van der Waals surface area contributed by atoms with Crippen LogP contribution in [0.1, 0.15) is 34.1 Å². The highest BCUT2D eigenvalue weighted by Gasteiger charge is 2.39. The Bertz CT molecular complexity index is 305. The summed E-state index contributed by atoms with van der Waals surface area (Å²) in [6.07, 6.45) is -1.70. The molecule has 0 saturated carbocycles. The number of ketones is 1. The molecule has 1 saturated heterocycles. The van der Waals surface area contributed by atoms with E-state index >= 15 is 0 Å². The van der Waals surface area contributed by atoms with E-state index in [1.54, 1.807) is 27.7 Å². The number of ether oxygens (including phenoxy) is 3. The quantitative estimate of drug-likeness (QED) is 0.685. The molecule has 5 nitrogen and oxygen atoms in total. The van der Waals surface area contributed by atoms with Gasteiger partial charge in [0.1, 0.15) is 6.10 Å². The van der Waals surface area contributed by atoms with Crippen LogP contribution in [0, 0.1) is 5.41 Å². The molecule has 0 aromatic carbocycles. The van der Waals surface area contributed by atoms with Gasteiger partial charge in [-0.3, -0.25) is 9.59 Å². The lowest BCUT2D eigenvalue weighted by Gasteiger charge is -2.34. The third-order valence-corrected chi connectivity index (χ3v) is 2.60. The minimum absolute atomic E-state index is 0.0787. The Kier molecular flexibility index (Phi) is 4.27. The maximum absolute atomic E-state index is 11.7. The zero-order chi connectivity index (χ0) is 13.2. The molecule has 0 N–H and O–H groups in total. The predicted molar refractivity (Wildman–Crippen MR) is 60.3 cm³/mol. The van der Waals surface area contributed by atoms with Gasteiger partial charge in [-0.1, -0.05) is 0 Å². The van der Waals surface area contributed by atoms with E-state index in [-0.39, 0.29) is 18.2 Å². The Morgan fingerprint density at radius 1 is 1.41 bits per heavy atom. The van der Waals surface area contributed by atoms with Crippen molar-refractivity contribution in [2.24, 2.45) is 5.41 Å². The summed E-state index contributed by atoms with van der Waals surface area (Å²) in [6.45, 7) is 6.93. The molecule has 1 aliphatic rings. The molecule has 3 atom stereocenters. The van der Waals surface area contributed by atoms with Crippen LogP contribution in [0.25, 0.3) is 0 Å². The monoisotopic (exact) mass is 244 g/mol. The van der Waals surface area contributed by atoms with E-state index in [1.807, 2.05) is 0 Å². The second-order valence-corrected chi connectivity index (χ2v) is 5.25. The van der Waals surface area contributed by atoms with Gasteiger partial charge in [0.05, 0.1) is 11.8 Å². The minimum atomic E-state index is -0.672. The van der Waals surface area contributed by atoms with Crippen molar-refractivity contribution in [2.75, 3.05) is 7.11 Å². The van der Waals surface area contributed by atoms with Gasteiger partial charge in [-0.2, -0.15) is 0 Å². The molecule has 0 aromatic heterocycles. The highest BCUT2D eigenvalue weighted by molar-refractivity contribution is 5.84. The molecule has 1 heterocycles. The maximum atomic E-state index is 11.7. The predicted octanol–water partition coefficient (Wildman–Crippen LogP) is 1.29. The van der Waals surface area contributed by atoms with Gasteiger partial charge >= 0.3 is 5.97 Å². The molecule has 98 valence electrons. The van der Waals surface area contributed by atoms with Crippen molar-refractivity contribution in [2.45, 2.75) is 52.6 Å². The van der Waals surface area contributed by atoms with Gasteiger partial charge in [0.2, 0.25) is 0 Å². The fourth-order valence-corrected chi connectivity index (χ4v) is 1.44. The zero-order valence-electron chi connectivity index (χ0n) is 11.0. The van der Waals surface area contributed by atoms with Crippen molar-refractivity contribution in [3.63, 3.8) is 0 Å². The van der Waals surface area contributed by atoms with Gasteiger partial charge in [0.15, 0.2) is 18.2 Å². The van der Waals surface area contributed by atoms with Crippen molar-refractivity contribution < 1.29 is 23.8 Å². The van der Waals surface area contributed by atoms with Crippen molar-refractivity contribution >= 4 is 11.8 Å². The number of rotatable bonds is 2. The average Bonchev–Trinajstić information content (AvgIpc) is 2.21. The molecule has 0 bridgehead atoms. The van der Waals surface area contributed by atoms with Crippen molar-refractivity contribution in [3.8, 4) is 0 Å². The van der Waals surface area contributed by atoms with Gasteiger partial charge in [-0.05, 0) is 27.7 Å². The van der Waals surface area contributed by atoms with Gasteiger partial charge in [-0.15, -0.1) is 0 Å². The molecule has 17 heavy (non-hydrogen) atoms. The summed E-state index contributed by atoms with van der Waals surface area (Å²) in [7, 11) is 1.46. The van der Waals surface area contributed by atoms with Crippen LogP contribution < -0.4 is 0 Å². The molecule has 1 fully saturated rings. The summed E-state index contributed by atoms with van der Waals surface area (Å²) in [5.41, 5.74) is -0.607. The van der Waals surface area contributed by atoms with Crippen LogP contribution >= 0.6 is 0 Å². The lowest BCUT2D eigenvalue weighted by Crippen LogP contribution is -2.47. The summed E-state index contributed by atoms with van der Waals surface area (Å²) in [5.74, 6) is -0.444. The third-order valence-electron chi connectivity index (χ3n) is 2.60. The molecule has 0 aromatic rings. The first kappa shape index (κ1) is 14.1. The lowest BCUT2D eigenvalue weighted by atomic mass is 9.97. The second-order valence-electron chi connectivity index (χ2n) is 5.25. The molecule has 5 heteroatoms. The van der Waals surface area contributed by atoms with Crippen LogP contribution in [0.3, 0.4) is 0 Å². The normalized spacial score (nSPS) is 30.2. The number of hydrogen-bond acceptors (Lipinski definition) is 5. The number of carbonyl (C=O) groups excluding carboxylic acids is 2. The van der Waals surface area contributed by atoms with Crippen molar-refractivity contribution in [1.29, 1.82) is 0 Å². The topological polar surface area (TPSA) is 61.8 Å². The smallest absolute Gasteiger partial charge is 0.311 e. The van der Waals surface area contributed by atoms with E-state index in [9.17, 15) is 9.59 Å². The van der Waals surface area contributed by atoms with Crippen LogP contribution in [0.4, 0.5) is 0 Å². The average molecular weight is 244 g/mol. The van der Waals surface area contributed by atoms with Gasteiger partial charge in [-0.25, -0.2) is 0 Å². The second kappa shape index (κ2) is 5.14. The summed E-state index contributed by atoms with van der Waals surface area (Å²) in [5, 5.41) is 0. The Labute approximate surface area is 101 Å². The number of esters is 1. The lowest BCUT2D eigenvalue weighted by molar-refractivity contribution is -0.232. The van der Waals surface area contributed by atoms with E-state index in [4.69, 9.17) is 14.2 Å². The van der Waals surface area contributed by atoms with E-state index < -0.39 is 23.9 Å². The molecular weight excluding hydrogens is 224 g/mol. The van der Waals surface area contributed by atoms with E-state index in [0.29, 0.717) is 0 Å². The maximum Gasteiger partial charge on any atom is 0.311 e. The number of hydrogen-bond donors (Lipinski definition) is 0. The van der Waals surface area contributed by atoms with Gasteiger partial charge in [0, 0.05) is 7.11 Å². The third kappa shape index (κ3) is 3.51. The zero-order valence-corrected chi connectivity index (χ0v) is 11.0. The highest BCUT2D eigenvalue weighted by atomic mass is 16.7.